The molecule has 2 aromatic rings. The molecule has 0 saturated carbocycles. The molecule has 102 valence electrons. The monoisotopic (exact) mass is 284 g/mol. The topological polar surface area (TPSA) is 34.2 Å². The number of para-hydroxylation sites is 1. The van der Waals surface area contributed by atoms with Crippen LogP contribution in [0.25, 0.3) is 10.4 Å². The van der Waals surface area contributed by atoms with E-state index in [-0.39, 0.29) is 5.75 Å². The quantitative estimate of drug-likeness (QED) is 0.861. The van der Waals surface area contributed by atoms with Gasteiger partial charge in [0.1, 0.15) is 5.75 Å². The van der Waals surface area contributed by atoms with Crippen LogP contribution in [-0.4, -0.2) is 18.1 Å². The Hall–Kier alpha value is -1.69. The molecule has 0 spiro atoms. The molecule has 1 aromatic carbocycles. The van der Waals surface area contributed by atoms with Gasteiger partial charge in [0.05, 0.1) is 4.88 Å². The van der Waals surface area contributed by atoms with Gasteiger partial charge >= 0.3 is 6.61 Å². The molecule has 0 unspecified atom stereocenters. The lowest BCUT2D eigenvalue weighted by molar-refractivity contribution is -0.0494. The number of thiazole rings is 1. The molecule has 2 rings (SSSR count). The van der Waals surface area contributed by atoms with Gasteiger partial charge < -0.3 is 10.1 Å². The van der Waals surface area contributed by atoms with Gasteiger partial charge in [0, 0.05) is 18.3 Å². The average molecular weight is 284 g/mol. The number of ether oxygens (including phenoxy) is 1. The maximum atomic E-state index is 12.3. The summed E-state index contributed by atoms with van der Waals surface area (Å²) < 4.78 is 29.2. The van der Waals surface area contributed by atoms with E-state index in [9.17, 15) is 8.78 Å². The normalized spacial score (nSPS) is 10.7. The van der Waals surface area contributed by atoms with Crippen molar-refractivity contribution in [2.75, 3.05) is 11.9 Å². The molecule has 1 heterocycles. The number of alkyl halides is 2. The highest BCUT2D eigenvalue weighted by Crippen LogP contribution is 2.35. The van der Waals surface area contributed by atoms with Crippen LogP contribution in [0.5, 0.6) is 5.75 Å². The van der Waals surface area contributed by atoms with Crippen LogP contribution in [-0.2, 0) is 0 Å². The van der Waals surface area contributed by atoms with E-state index in [2.05, 4.69) is 22.0 Å². The van der Waals surface area contributed by atoms with Gasteiger partial charge in [0.15, 0.2) is 5.13 Å². The number of hydrogen-bond donors (Lipinski definition) is 1. The highest BCUT2D eigenvalue weighted by Gasteiger charge is 2.12. The number of halogens is 2. The molecule has 0 saturated heterocycles. The molecule has 0 fully saturated rings. The lowest BCUT2D eigenvalue weighted by Crippen LogP contribution is -2.02. The molecule has 0 aliphatic carbocycles. The molecule has 3 nitrogen and oxygen atoms in total. The minimum atomic E-state index is -2.83. The molecule has 0 radical (unpaired) electrons. The number of nitrogens with zero attached hydrogens (tertiary/aromatic N) is 1. The van der Waals surface area contributed by atoms with Crippen LogP contribution in [0.4, 0.5) is 13.9 Å². The van der Waals surface area contributed by atoms with E-state index in [1.54, 1.807) is 24.4 Å². The summed E-state index contributed by atoms with van der Waals surface area (Å²) in [5, 5.41) is 3.94. The first kappa shape index (κ1) is 13.7. The summed E-state index contributed by atoms with van der Waals surface area (Å²) in [5.74, 6) is 0.170. The van der Waals surface area contributed by atoms with Crippen molar-refractivity contribution in [1.82, 2.24) is 4.98 Å². The minimum absolute atomic E-state index is 0.170. The summed E-state index contributed by atoms with van der Waals surface area (Å²) in [6.45, 7) is 0.0712. The number of benzene rings is 1. The smallest absolute Gasteiger partial charge is 0.387 e. The molecule has 0 bridgehead atoms. The highest BCUT2D eigenvalue weighted by molar-refractivity contribution is 7.18. The minimum Gasteiger partial charge on any atom is -0.434 e. The number of aromatic nitrogens is 1. The van der Waals surface area contributed by atoms with Crippen molar-refractivity contribution < 1.29 is 13.5 Å². The van der Waals surface area contributed by atoms with E-state index in [1.807, 2.05) is 0 Å². The van der Waals surface area contributed by atoms with E-state index in [0.29, 0.717) is 5.56 Å². The van der Waals surface area contributed by atoms with Gasteiger partial charge in [-0.25, -0.2) is 4.98 Å². The van der Waals surface area contributed by atoms with Gasteiger partial charge in [-0.2, -0.15) is 8.78 Å². The zero-order valence-electron chi connectivity index (χ0n) is 10.4. The van der Waals surface area contributed by atoms with E-state index >= 15 is 0 Å². The summed E-state index contributed by atoms with van der Waals surface area (Å²) in [7, 11) is 0. The largest absolute Gasteiger partial charge is 0.434 e. The van der Waals surface area contributed by atoms with E-state index in [1.165, 1.54) is 17.4 Å². The van der Waals surface area contributed by atoms with E-state index in [4.69, 9.17) is 0 Å². The first-order valence-electron chi connectivity index (χ1n) is 5.94. The Labute approximate surface area is 114 Å². The van der Waals surface area contributed by atoms with Crippen molar-refractivity contribution in [3.05, 3.63) is 30.5 Å². The third kappa shape index (κ3) is 3.64. The van der Waals surface area contributed by atoms with Gasteiger partial charge in [-0.15, -0.1) is 0 Å². The van der Waals surface area contributed by atoms with E-state index in [0.717, 1.165) is 23.0 Å². The number of hydrogen-bond acceptors (Lipinski definition) is 4. The Morgan fingerprint density at radius 1 is 1.37 bits per heavy atom. The summed E-state index contributed by atoms with van der Waals surface area (Å²) in [6, 6.07) is 6.72. The lowest BCUT2D eigenvalue weighted by atomic mass is 10.2. The second-order valence-electron chi connectivity index (χ2n) is 3.83. The molecule has 1 aromatic heterocycles. The summed E-state index contributed by atoms with van der Waals surface area (Å²) in [4.78, 5) is 5.02. The predicted molar refractivity (Wildman–Crippen MR) is 73.0 cm³/mol. The number of anilines is 1. The van der Waals surface area contributed by atoms with Crippen molar-refractivity contribution in [1.29, 1.82) is 0 Å². The van der Waals surface area contributed by atoms with Crippen LogP contribution in [0.3, 0.4) is 0 Å². The van der Waals surface area contributed by atoms with Crippen LogP contribution in [0.1, 0.15) is 13.3 Å². The fourth-order valence-corrected chi connectivity index (χ4v) is 2.45. The standard InChI is InChI=1S/C13H14F2N2OS/c1-2-7-16-13-17-8-11(19-13)9-5-3-4-6-10(9)18-12(14)15/h3-6,8,12H,2,7H2,1H3,(H,16,17). The average Bonchev–Trinajstić information content (AvgIpc) is 2.85. The molecule has 19 heavy (non-hydrogen) atoms. The van der Waals surface area contributed by atoms with Crippen LogP contribution in [0.15, 0.2) is 30.5 Å². The summed E-state index contributed by atoms with van der Waals surface area (Å²) >= 11 is 1.42. The molecule has 6 heteroatoms. The van der Waals surface area contributed by atoms with Crippen molar-refractivity contribution >= 4 is 16.5 Å². The lowest BCUT2D eigenvalue weighted by Gasteiger charge is -2.08. The van der Waals surface area contributed by atoms with Crippen LogP contribution in [0.2, 0.25) is 0 Å². The molecule has 0 aliphatic rings. The van der Waals surface area contributed by atoms with Gasteiger partial charge in [0.2, 0.25) is 0 Å². The predicted octanol–water partition coefficient (Wildman–Crippen LogP) is 4.23. The second-order valence-corrected chi connectivity index (χ2v) is 4.86. The Morgan fingerprint density at radius 2 is 2.16 bits per heavy atom. The SMILES string of the molecule is CCCNc1ncc(-c2ccccc2OC(F)F)s1. The van der Waals surface area contributed by atoms with Gasteiger partial charge in [-0.1, -0.05) is 30.4 Å². The highest BCUT2D eigenvalue weighted by atomic mass is 32.1. The molecule has 1 N–H and O–H groups in total. The zero-order valence-corrected chi connectivity index (χ0v) is 11.2. The Bertz CT molecular complexity index is 531. The molecular formula is C13H14F2N2OS. The van der Waals surface area contributed by atoms with Crippen molar-refractivity contribution in [2.24, 2.45) is 0 Å². The third-order valence-corrected chi connectivity index (χ3v) is 3.39. The van der Waals surface area contributed by atoms with Crippen LogP contribution in [0, 0.1) is 0 Å². The maximum absolute atomic E-state index is 12.3. The fourth-order valence-electron chi connectivity index (χ4n) is 1.58. The van der Waals surface area contributed by atoms with Crippen molar-refractivity contribution in [3.63, 3.8) is 0 Å². The Kier molecular flexibility index (Phi) is 4.68. The fraction of sp³-hybridized carbons (Fsp3) is 0.308. The summed E-state index contributed by atoms with van der Waals surface area (Å²) in [6.07, 6.45) is 2.66. The summed E-state index contributed by atoms with van der Waals surface area (Å²) in [5.41, 5.74) is 0.629. The molecule has 0 aliphatic heterocycles. The first-order chi connectivity index (χ1) is 9.20. The third-order valence-electron chi connectivity index (χ3n) is 2.40. The van der Waals surface area contributed by atoms with Crippen LogP contribution < -0.4 is 10.1 Å². The van der Waals surface area contributed by atoms with Gasteiger partial charge in [0.25, 0.3) is 0 Å². The molecule has 0 amide bonds. The van der Waals surface area contributed by atoms with Crippen LogP contribution >= 0.6 is 11.3 Å². The van der Waals surface area contributed by atoms with Gasteiger partial charge in [-0.05, 0) is 18.6 Å². The Morgan fingerprint density at radius 3 is 2.89 bits per heavy atom. The van der Waals surface area contributed by atoms with Crippen molar-refractivity contribution in [2.45, 2.75) is 20.0 Å². The Balaban J connectivity index is 2.23. The second kappa shape index (κ2) is 6.47. The van der Waals surface area contributed by atoms with Crippen molar-refractivity contribution in [3.8, 4) is 16.2 Å². The number of rotatable bonds is 6. The first-order valence-corrected chi connectivity index (χ1v) is 6.76. The van der Waals surface area contributed by atoms with Gasteiger partial charge in [-0.3, -0.25) is 0 Å². The number of nitrogens with one attached hydrogen (secondary N) is 1. The maximum Gasteiger partial charge on any atom is 0.387 e. The van der Waals surface area contributed by atoms with E-state index < -0.39 is 6.61 Å². The zero-order chi connectivity index (χ0) is 13.7. The molecular weight excluding hydrogens is 270 g/mol. The molecule has 0 atom stereocenters.